The molecule has 2 atom stereocenters. The van der Waals surface area contributed by atoms with E-state index in [-0.39, 0.29) is 18.4 Å². The van der Waals surface area contributed by atoms with Crippen molar-refractivity contribution >= 4 is 46.4 Å². The van der Waals surface area contributed by atoms with E-state index in [0.717, 1.165) is 21.7 Å². The molecule has 0 saturated heterocycles. The van der Waals surface area contributed by atoms with E-state index >= 15 is 0 Å². The van der Waals surface area contributed by atoms with Gasteiger partial charge in [0.2, 0.25) is 0 Å². The second kappa shape index (κ2) is 9.22. The zero-order chi connectivity index (χ0) is 20.1. The summed E-state index contributed by atoms with van der Waals surface area (Å²) in [7, 11) is 1.80. The van der Waals surface area contributed by atoms with Crippen molar-refractivity contribution in [2.24, 2.45) is 0 Å². The van der Waals surface area contributed by atoms with E-state index in [4.69, 9.17) is 23.2 Å². The molecule has 2 aromatic carbocycles. The molecule has 0 spiro atoms. The molecule has 0 aliphatic heterocycles. The number of quaternary nitrogens is 1. The number of hydrogen-bond donors (Lipinski definition) is 3. The largest absolute Gasteiger partial charge is 0.321 e. The van der Waals surface area contributed by atoms with Gasteiger partial charge in [0.1, 0.15) is 0 Å². The number of nitrogens with one attached hydrogen (secondary N) is 3. The maximum absolute atomic E-state index is 12.5. The summed E-state index contributed by atoms with van der Waals surface area (Å²) in [4.78, 5) is 25.6. The molecule has 144 valence electrons. The molecule has 0 aliphatic rings. The van der Waals surface area contributed by atoms with Crippen LogP contribution in [0.5, 0.6) is 0 Å². The van der Waals surface area contributed by atoms with Crippen LogP contribution < -0.4 is 15.5 Å². The first-order valence-corrected chi connectivity index (χ1v) is 9.38. The van der Waals surface area contributed by atoms with Gasteiger partial charge in [-0.2, -0.15) is 0 Å². The Morgan fingerprint density at radius 3 is 2.33 bits per heavy atom. The standard InChI is InChI=1S/C20H23Cl2N3O2/c1-12-6-5-7-18(13(12)2)24-19(26)11-25(4)14(3)20(27)23-17-9-15(21)8-16(22)10-17/h5-10,14H,11H2,1-4H3,(H,23,27)(H,24,26)/p+1/t14-/m1/s1. The van der Waals surface area contributed by atoms with E-state index in [1.54, 1.807) is 32.2 Å². The van der Waals surface area contributed by atoms with Crippen molar-refractivity contribution in [1.82, 2.24) is 0 Å². The molecule has 0 aliphatic carbocycles. The van der Waals surface area contributed by atoms with Crippen LogP contribution in [0.1, 0.15) is 18.1 Å². The highest BCUT2D eigenvalue weighted by atomic mass is 35.5. The molecule has 5 nitrogen and oxygen atoms in total. The molecule has 0 radical (unpaired) electrons. The lowest BCUT2D eigenvalue weighted by Gasteiger charge is -2.21. The number of rotatable bonds is 6. The molecule has 0 bridgehead atoms. The first-order valence-electron chi connectivity index (χ1n) is 8.62. The van der Waals surface area contributed by atoms with Gasteiger partial charge in [-0.15, -0.1) is 0 Å². The van der Waals surface area contributed by atoms with Gasteiger partial charge in [-0.3, -0.25) is 9.59 Å². The van der Waals surface area contributed by atoms with E-state index in [1.807, 2.05) is 32.0 Å². The van der Waals surface area contributed by atoms with Crippen molar-refractivity contribution in [3.05, 3.63) is 57.6 Å². The highest BCUT2D eigenvalue weighted by Gasteiger charge is 2.24. The Morgan fingerprint density at radius 1 is 1.07 bits per heavy atom. The summed E-state index contributed by atoms with van der Waals surface area (Å²) in [5, 5.41) is 6.58. The Morgan fingerprint density at radius 2 is 1.70 bits per heavy atom. The summed E-state index contributed by atoms with van der Waals surface area (Å²) >= 11 is 11.9. The van der Waals surface area contributed by atoms with Gasteiger partial charge in [-0.25, -0.2) is 0 Å². The molecular weight excluding hydrogens is 385 g/mol. The molecule has 0 fully saturated rings. The Hall–Kier alpha value is -2.08. The average Bonchev–Trinajstić information content (AvgIpc) is 2.57. The van der Waals surface area contributed by atoms with Crippen LogP contribution >= 0.6 is 23.2 Å². The molecule has 0 aromatic heterocycles. The van der Waals surface area contributed by atoms with Gasteiger partial charge < -0.3 is 15.5 Å². The fraction of sp³-hybridized carbons (Fsp3) is 0.300. The number of anilines is 2. The first-order chi connectivity index (χ1) is 12.7. The monoisotopic (exact) mass is 408 g/mol. The third kappa shape index (κ3) is 5.96. The molecule has 27 heavy (non-hydrogen) atoms. The van der Waals surface area contributed by atoms with E-state index < -0.39 is 6.04 Å². The van der Waals surface area contributed by atoms with Crippen molar-refractivity contribution in [2.45, 2.75) is 26.8 Å². The molecule has 7 heteroatoms. The molecule has 0 heterocycles. The number of benzene rings is 2. The lowest BCUT2D eigenvalue weighted by molar-refractivity contribution is -0.885. The molecule has 2 rings (SSSR count). The van der Waals surface area contributed by atoms with Crippen molar-refractivity contribution in [3.8, 4) is 0 Å². The van der Waals surface area contributed by atoms with Gasteiger partial charge in [-0.05, 0) is 56.2 Å². The normalized spacial score (nSPS) is 13.0. The van der Waals surface area contributed by atoms with Crippen LogP contribution in [0, 0.1) is 13.8 Å². The molecule has 1 unspecified atom stereocenters. The van der Waals surface area contributed by atoms with E-state index in [2.05, 4.69) is 10.6 Å². The minimum absolute atomic E-state index is 0.147. The highest BCUT2D eigenvalue weighted by Crippen LogP contribution is 2.22. The number of hydrogen-bond acceptors (Lipinski definition) is 2. The minimum Gasteiger partial charge on any atom is -0.321 e. The van der Waals surface area contributed by atoms with Gasteiger partial charge in [0, 0.05) is 21.4 Å². The van der Waals surface area contributed by atoms with Crippen molar-refractivity contribution < 1.29 is 14.5 Å². The van der Waals surface area contributed by atoms with Gasteiger partial charge in [0.15, 0.2) is 12.6 Å². The van der Waals surface area contributed by atoms with Gasteiger partial charge >= 0.3 is 0 Å². The second-order valence-corrected chi connectivity index (χ2v) is 7.56. The fourth-order valence-electron chi connectivity index (χ4n) is 2.59. The fourth-order valence-corrected chi connectivity index (χ4v) is 3.11. The number of halogens is 2. The molecule has 3 N–H and O–H groups in total. The van der Waals surface area contributed by atoms with Crippen LogP contribution in [0.4, 0.5) is 11.4 Å². The van der Waals surface area contributed by atoms with Crippen LogP contribution in [-0.2, 0) is 9.59 Å². The molecule has 0 saturated carbocycles. The number of likely N-dealkylation sites (N-methyl/N-ethyl adjacent to an activating group) is 1. The topological polar surface area (TPSA) is 62.6 Å². The lowest BCUT2D eigenvalue weighted by Crippen LogP contribution is -3.14. The van der Waals surface area contributed by atoms with Crippen LogP contribution in [0.25, 0.3) is 0 Å². The number of carbonyl (C=O) groups excluding carboxylic acids is 2. The minimum atomic E-state index is -0.438. The zero-order valence-corrected chi connectivity index (χ0v) is 17.3. The van der Waals surface area contributed by atoms with Crippen LogP contribution in [-0.4, -0.2) is 31.4 Å². The Kier molecular flexibility index (Phi) is 7.25. The summed E-state index contributed by atoms with van der Waals surface area (Å²) in [6.45, 7) is 5.89. The van der Waals surface area contributed by atoms with Gasteiger partial charge in [0.05, 0.1) is 7.05 Å². The average molecular weight is 409 g/mol. The second-order valence-electron chi connectivity index (χ2n) is 6.69. The lowest BCUT2D eigenvalue weighted by atomic mass is 10.1. The third-order valence-corrected chi connectivity index (χ3v) is 5.02. The maximum atomic E-state index is 12.5. The quantitative estimate of drug-likeness (QED) is 0.687. The summed E-state index contributed by atoms with van der Waals surface area (Å²) < 4.78 is 0. The Labute approximate surface area is 169 Å². The molecular formula is C20H24Cl2N3O2+. The van der Waals surface area contributed by atoms with E-state index in [0.29, 0.717) is 15.7 Å². The molecule has 2 amide bonds. The zero-order valence-electron chi connectivity index (χ0n) is 15.8. The number of amides is 2. The number of aryl methyl sites for hydroxylation is 1. The van der Waals surface area contributed by atoms with E-state index in [9.17, 15) is 9.59 Å². The van der Waals surface area contributed by atoms with Gasteiger partial charge in [0.25, 0.3) is 11.8 Å². The summed E-state index contributed by atoms with van der Waals surface area (Å²) in [6.07, 6.45) is 0. The van der Waals surface area contributed by atoms with Crippen molar-refractivity contribution in [2.75, 3.05) is 24.2 Å². The summed E-state index contributed by atoms with van der Waals surface area (Å²) in [6, 6.07) is 10.2. The van der Waals surface area contributed by atoms with Crippen molar-refractivity contribution in [1.29, 1.82) is 0 Å². The van der Waals surface area contributed by atoms with Gasteiger partial charge in [-0.1, -0.05) is 35.3 Å². The molecule has 2 aromatic rings. The predicted molar refractivity (Wildman–Crippen MR) is 111 cm³/mol. The predicted octanol–water partition coefficient (Wildman–Crippen LogP) is 3.09. The first kappa shape index (κ1) is 21.2. The summed E-state index contributed by atoms with van der Waals surface area (Å²) in [5.41, 5.74) is 3.46. The Bertz CT molecular complexity index is 835. The SMILES string of the molecule is Cc1cccc(NC(=O)C[NH+](C)[C@H](C)C(=O)Nc2cc(Cl)cc(Cl)c2)c1C. The smallest absolute Gasteiger partial charge is 0.282 e. The van der Waals surface area contributed by atoms with Crippen LogP contribution in [0.2, 0.25) is 10.0 Å². The maximum Gasteiger partial charge on any atom is 0.282 e. The Balaban J connectivity index is 1.95. The summed E-state index contributed by atoms with van der Waals surface area (Å²) in [5.74, 6) is -0.364. The third-order valence-electron chi connectivity index (χ3n) is 4.58. The van der Waals surface area contributed by atoms with Crippen LogP contribution in [0.3, 0.4) is 0 Å². The van der Waals surface area contributed by atoms with Crippen LogP contribution in [0.15, 0.2) is 36.4 Å². The van der Waals surface area contributed by atoms with Crippen molar-refractivity contribution in [3.63, 3.8) is 0 Å². The highest BCUT2D eigenvalue weighted by molar-refractivity contribution is 6.35. The number of carbonyl (C=O) groups is 2. The van der Waals surface area contributed by atoms with E-state index in [1.165, 1.54) is 0 Å².